The van der Waals surface area contributed by atoms with E-state index < -0.39 is 0 Å². The second-order valence-electron chi connectivity index (χ2n) is 4.84. The highest BCUT2D eigenvalue weighted by atomic mass is 14.4. The molecule has 0 saturated carbocycles. The molecule has 0 spiro atoms. The zero-order chi connectivity index (χ0) is 11.7. The maximum atomic E-state index is 2.44. The first-order valence-corrected chi connectivity index (χ1v) is 6.83. The molecular weight excluding hydrogens is 180 g/mol. The van der Waals surface area contributed by atoms with Gasteiger partial charge in [0.15, 0.2) is 0 Å². The van der Waals surface area contributed by atoms with Gasteiger partial charge >= 0.3 is 0 Å². The predicted octanol–water partition coefficient (Wildman–Crippen LogP) is 5.59. The molecule has 0 aliphatic rings. The molecule has 0 aliphatic carbocycles. The highest BCUT2D eigenvalue weighted by Gasteiger charge is 2.30. The Morgan fingerprint density at radius 3 is 1.87 bits per heavy atom. The van der Waals surface area contributed by atoms with Gasteiger partial charge in [-0.3, -0.25) is 0 Å². The van der Waals surface area contributed by atoms with Crippen molar-refractivity contribution >= 4 is 0 Å². The summed E-state index contributed by atoms with van der Waals surface area (Å²) in [4.78, 5) is 0. The van der Waals surface area contributed by atoms with Gasteiger partial charge in [0.05, 0.1) is 0 Å². The summed E-state index contributed by atoms with van der Waals surface area (Å²) in [6.45, 7) is 11.6. The third kappa shape index (κ3) is 4.40. The third-order valence-electron chi connectivity index (χ3n) is 3.83. The van der Waals surface area contributed by atoms with E-state index >= 15 is 0 Å². The van der Waals surface area contributed by atoms with E-state index in [0.717, 1.165) is 5.92 Å². The molecule has 1 unspecified atom stereocenters. The van der Waals surface area contributed by atoms with Crippen molar-refractivity contribution in [3.8, 4) is 0 Å². The molecule has 0 heteroatoms. The maximum Gasteiger partial charge on any atom is -0.0205 e. The van der Waals surface area contributed by atoms with E-state index in [2.05, 4.69) is 46.8 Å². The summed E-state index contributed by atoms with van der Waals surface area (Å²) >= 11 is 0. The molecule has 0 heterocycles. The van der Waals surface area contributed by atoms with E-state index in [1.54, 1.807) is 0 Å². The Morgan fingerprint density at radius 2 is 1.53 bits per heavy atom. The highest BCUT2D eigenvalue weighted by Crippen LogP contribution is 2.41. The lowest BCUT2D eigenvalue weighted by atomic mass is 9.68. The van der Waals surface area contributed by atoms with Gasteiger partial charge in [-0.15, -0.1) is 0 Å². The molecule has 15 heavy (non-hydrogen) atoms. The number of allylic oxidation sites excluding steroid dienone is 2. The van der Waals surface area contributed by atoms with E-state index in [1.807, 2.05) is 0 Å². The lowest BCUT2D eigenvalue weighted by molar-refractivity contribution is 0.161. The number of rotatable bonds is 8. The first-order chi connectivity index (χ1) is 7.16. The van der Waals surface area contributed by atoms with Crippen LogP contribution >= 0.6 is 0 Å². The zero-order valence-electron chi connectivity index (χ0n) is 11.5. The van der Waals surface area contributed by atoms with Gasteiger partial charge < -0.3 is 0 Å². The lowest BCUT2D eigenvalue weighted by Crippen LogP contribution is -2.27. The van der Waals surface area contributed by atoms with E-state index in [0.29, 0.717) is 5.41 Å². The monoisotopic (exact) mass is 210 g/mol. The van der Waals surface area contributed by atoms with Crippen LogP contribution < -0.4 is 0 Å². The van der Waals surface area contributed by atoms with E-state index in [-0.39, 0.29) is 0 Å². The maximum absolute atomic E-state index is 2.44. The molecule has 90 valence electrons. The summed E-state index contributed by atoms with van der Waals surface area (Å²) in [6, 6.07) is 0. The SMILES string of the molecule is CCC=CC(C)C(CC)(CCC)CCC. The molecule has 0 radical (unpaired) electrons. The van der Waals surface area contributed by atoms with Crippen LogP contribution in [0.4, 0.5) is 0 Å². The predicted molar refractivity (Wildman–Crippen MR) is 71.1 cm³/mol. The van der Waals surface area contributed by atoms with Crippen molar-refractivity contribution in [3.05, 3.63) is 12.2 Å². The van der Waals surface area contributed by atoms with Crippen molar-refractivity contribution in [2.45, 2.75) is 73.1 Å². The summed E-state index contributed by atoms with van der Waals surface area (Å²) in [5, 5.41) is 0. The molecule has 1 atom stereocenters. The van der Waals surface area contributed by atoms with Crippen molar-refractivity contribution in [2.24, 2.45) is 11.3 Å². The van der Waals surface area contributed by atoms with Crippen LogP contribution in [0.15, 0.2) is 12.2 Å². The van der Waals surface area contributed by atoms with Crippen LogP contribution in [0, 0.1) is 11.3 Å². The standard InChI is InChI=1S/C15H30/c1-6-10-11-14(5)15(9-4,12-7-2)13-8-3/h10-11,14H,6-9,12-13H2,1-5H3. The molecule has 0 N–H and O–H groups in total. The molecule has 0 amide bonds. The quantitative estimate of drug-likeness (QED) is 0.458. The molecule has 0 saturated heterocycles. The molecule has 0 aromatic carbocycles. The van der Waals surface area contributed by atoms with Gasteiger partial charge in [0.1, 0.15) is 0 Å². The first kappa shape index (κ1) is 14.7. The van der Waals surface area contributed by atoms with Gasteiger partial charge in [-0.05, 0) is 37.0 Å². The van der Waals surface area contributed by atoms with Crippen LogP contribution in [0.5, 0.6) is 0 Å². The fourth-order valence-corrected chi connectivity index (χ4v) is 2.80. The summed E-state index contributed by atoms with van der Waals surface area (Å²) in [5.74, 6) is 0.738. The molecule has 0 aromatic rings. The van der Waals surface area contributed by atoms with Crippen LogP contribution in [0.1, 0.15) is 73.1 Å². The van der Waals surface area contributed by atoms with Crippen LogP contribution in [0.3, 0.4) is 0 Å². The Bertz CT molecular complexity index is 161. The van der Waals surface area contributed by atoms with Crippen molar-refractivity contribution < 1.29 is 0 Å². The number of hydrogen-bond donors (Lipinski definition) is 0. The molecular formula is C15H30. The minimum atomic E-state index is 0.565. The molecule has 0 aliphatic heterocycles. The van der Waals surface area contributed by atoms with Crippen LogP contribution in [0.2, 0.25) is 0 Å². The minimum Gasteiger partial charge on any atom is -0.0885 e. The average Bonchev–Trinajstić information content (AvgIpc) is 2.25. The van der Waals surface area contributed by atoms with Gasteiger partial charge in [-0.25, -0.2) is 0 Å². The van der Waals surface area contributed by atoms with Crippen LogP contribution in [-0.4, -0.2) is 0 Å². The summed E-state index contributed by atoms with van der Waals surface area (Å²) in [7, 11) is 0. The fourth-order valence-electron chi connectivity index (χ4n) is 2.80. The van der Waals surface area contributed by atoms with Crippen molar-refractivity contribution in [2.75, 3.05) is 0 Å². The molecule has 0 aromatic heterocycles. The Balaban J connectivity index is 4.62. The van der Waals surface area contributed by atoms with Crippen molar-refractivity contribution in [1.82, 2.24) is 0 Å². The summed E-state index contributed by atoms with van der Waals surface area (Å²) in [6.07, 6.45) is 12.7. The van der Waals surface area contributed by atoms with Crippen molar-refractivity contribution in [3.63, 3.8) is 0 Å². The second kappa shape index (κ2) is 7.96. The van der Waals surface area contributed by atoms with Gasteiger partial charge in [0.2, 0.25) is 0 Å². The Kier molecular flexibility index (Phi) is 7.82. The normalized spacial score (nSPS) is 14.7. The Hall–Kier alpha value is -0.260. The van der Waals surface area contributed by atoms with Gasteiger partial charge in [-0.2, -0.15) is 0 Å². The first-order valence-electron chi connectivity index (χ1n) is 6.83. The van der Waals surface area contributed by atoms with Gasteiger partial charge in [0, 0.05) is 0 Å². The molecule has 0 nitrogen and oxygen atoms in total. The van der Waals surface area contributed by atoms with E-state index in [9.17, 15) is 0 Å². The minimum absolute atomic E-state index is 0.565. The third-order valence-corrected chi connectivity index (χ3v) is 3.83. The average molecular weight is 210 g/mol. The largest absolute Gasteiger partial charge is 0.0885 e. The Labute approximate surface area is 97.2 Å². The van der Waals surface area contributed by atoms with Crippen LogP contribution in [0.25, 0.3) is 0 Å². The van der Waals surface area contributed by atoms with Gasteiger partial charge in [-0.1, -0.05) is 59.6 Å². The van der Waals surface area contributed by atoms with Gasteiger partial charge in [0.25, 0.3) is 0 Å². The highest BCUT2D eigenvalue weighted by molar-refractivity contribution is 4.95. The van der Waals surface area contributed by atoms with Crippen molar-refractivity contribution in [1.29, 1.82) is 0 Å². The van der Waals surface area contributed by atoms with E-state index in [4.69, 9.17) is 0 Å². The second-order valence-corrected chi connectivity index (χ2v) is 4.84. The Morgan fingerprint density at radius 1 is 1.00 bits per heavy atom. The van der Waals surface area contributed by atoms with E-state index in [1.165, 1.54) is 38.5 Å². The molecule has 0 bridgehead atoms. The fraction of sp³-hybridized carbons (Fsp3) is 0.867. The van der Waals surface area contributed by atoms with Crippen LogP contribution in [-0.2, 0) is 0 Å². The molecule has 0 fully saturated rings. The molecule has 0 rings (SSSR count). The summed E-state index contributed by atoms with van der Waals surface area (Å²) < 4.78 is 0. The lowest BCUT2D eigenvalue weighted by Gasteiger charge is -2.37. The topological polar surface area (TPSA) is 0 Å². The zero-order valence-corrected chi connectivity index (χ0v) is 11.5. The smallest absolute Gasteiger partial charge is 0.0205 e. The summed E-state index contributed by atoms with van der Waals surface area (Å²) in [5.41, 5.74) is 0.565. The number of hydrogen-bond acceptors (Lipinski definition) is 0.